The molecule has 1 rings (SSSR count). The number of carboxylic acid groups (broad SMARTS) is 1. The van der Waals surface area contributed by atoms with Gasteiger partial charge in [0.15, 0.2) is 0 Å². The highest BCUT2D eigenvalue weighted by atomic mass is 16.6. The number of aliphatic carboxylic acids is 1. The lowest BCUT2D eigenvalue weighted by Gasteiger charge is -2.18. The first-order valence-electron chi connectivity index (χ1n) is 2.91. The van der Waals surface area contributed by atoms with Gasteiger partial charge in [-0.2, -0.15) is 5.48 Å². The van der Waals surface area contributed by atoms with Gasteiger partial charge in [0.05, 0.1) is 6.61 Å². The third kappa shape index (κ3) is 1.65. The normalized spacial score (nSPS) is 27.8. The maximum Gasteiger partial charge on any atom is 0.323 e. The minimum absolute atomic E-state index is 0.501. The van der Waals surface area contributed by atoms with E-state index in [1.54, 1.807) is 0 Å². The molecular weight excluding hydrogens is 122 g/mol. The zero-order valence-corrected chi connectivity index (χ0v) is 4.96. The van der Waals surface area contributed by atoms with Gasteiger partial charge in [-0.1, -0.05) is 0 Å². The van der Waals surface area contributed by atoms with E-state index in [-0.39, 0.29) is 0 Å². The molecule has 1 atom stereocenters. The molecule has 2 N–H and O–H groups in total. The van der Waals surface area contributed by atoms with Crippen LogP contribution in [0.1, 0.15) is 12.8 Å². The van der Waals surface area contributed by atoms with Crippen LogP contribution >= 0.6 is 0 Å². The Hall–Kier alpha value is -0.610. The summed E-state index contributed by atoms with van der Waals surface area (Å²) in [6.45, 7) is 0.615. The van der Waals surface area contributed by atoms with Crippen LogP contribution in [0.25, 0.3) is 0 Å². The second kappa shape index (κ2) is 2.80. The number of carbonyl (C=O) groups is 1. The van der Waals surface area contributed by atoms with Gasteiger partial charge in [-0.05, 0) is 12.8 Å². The van der Waals surface area contributed by atoms with Crippen LogP contribution in [0.15, 0.2) is 0 Å². The van der Waals surface area contributed by atoms with Gasteiger partial charge in [0.2, 0.25) is 0 Å². The van der Waals surface area contributed by atoms with Gasteiger partial charge in [0.1, 0.15) is 6.04 Å². The highest BCUT2D eigenvalue weighted by molar-refractivity contribution is 5.73. The van der Waals surface area contributed by atoms with Crippen molar-refractivity contribution in [2.45, 2.75) is 18.9 Å². The lowest BCUT2D eigenvalue weighted by Crippen LogP contribution is -2.40. The molecule has 0 amide bonds. The van der Waals surface area contributed by atoms with E-state index in [0.717, 1.165) is 6.42 Å². The molecule has 1 aliphatic rings. The average Bonchev–Trinajstić information content (AvgIpc) is 1.90. The summed E-state index contributed by atoms with van der Waals surface area (Å²) in [6, 6.07) is -0.501. The van der Waals surface area contributed by atoms with E-state index < -0.39 is 12.0 Å². The van der Waals surface area contributed by atoms with Crippen LogP contribution in [0.4, 0.5) is 0 Å². The van der Waals surface area contributed by atoms with Crippen LogP contribution in [0.3, 0.4) is 0 Å². The Morgan fingerprint density at radius 2 is 2.56 bits per heavy atom. The molecule has 1 saturated heterocycles. The van der Waals surface area contributed by atoms with E-state index in [4.69, 9.17) is 9.94 Å². The predicted octanol–water partition coefficient (Wildman–Crippen LogP) is -0.245. The van der Waals surface area contributed by atoms with Crippen LogP contribution in [0, 0.1) is 0 Å². The van der Waals surface area contributed by atoms with Crippen molar-refractivity contribution in [1.82, 2.24) is 5.48 Å². The molecule has 1 fully saturated rings. The van der Waals surface area contributed by atoms with E-state index >= 15 is 0 Å². The zero-order chi connectivity index (χ0) is 6.69. The Kier molecular flexibility index (Phi) is 2.02. The van der Waals surface area contributed by atoms with Gasteiger partial charge in [0, 0.05) is 0 Å². The highest BCUT2D eigenvalue weighted by Crippen LogP contribution is 2.02. The summed E-state index contributed by atoms with van der Waals surface area (Å²) in [7, 11) is 0. The van der Waals surface area contributed by atoms with E-state index in [1.807, 2.05) is 0 Å². The summed E-state index contributed by atoms with van der Waals surface area (Å²) in [5, 5.41) is 8.40. The van der Waals surface area contributed by atoms with Crippen LogP contribution in [-0.2, 0) is 9.63 Å². The van der Waals surface area contributed by atoms with Gasteiger partial charge in [-0.3, -0.25) is 4.79 Å². The van der Waals surface area contributed by atoms with E-state index in [9.17, 15) is 4.79 Å². The monoisotopic (exact) mass is 131 g/mol. The van der Waals surface area contributed by atoms with Crippen molar-refractivity contribution in [2.24, 2.45) is 0 Å². The number of nitrogens with one attached hydrogen (secondary N) is 1. The number of rotatable bonds is 1. The topological polar surface area (TPSA) is 58.6 Å². The molecule has 4 heteroatoms. The Balaban J connectivity index is 2.31. The largest absolute Gasteiger partial charge is 0.480 e. The van der Waals surface area contributed by atoms with Crippen molar-refractivity contribution >= 4 is 5.97 Å². The summed E-state index contributed by atoms with van der Waals surface area (Å²) in [5.41, 5.74) is 2.42. The second-order valence-electron chi connectivity index (χ2n) is 2.00. The Bertz CT molecular complexity index is 109. The molecule has 9 heavy (non-hydrogen) atoms. The molecule has 0 unspecified atom stereocenters. The SMILES string of the molecule is O=C(O)[C@H]1CCCON1. The Morgan fingerprint density at radius 3 is 2.89 bits per heavy atom. The van der Waals surface area contributed by atoms with Gasteiger partial charge in [-0.15, -0.1) is 0 Å². The minimum atomic E-state index is -0.838. The van der Waals surface area contributed by atoms with Gasteiger partial charge in [0.25, 0.3) is 0 Å². The van der Waals surface area contributed by atoms with Gasteiger partial charge >= 0.3 is 5.97 Å². The van der Waals surface area contributed by atoms with Crippen molar-refractivity contribution in [3.8, 4) is 0 Å². The molecule has 52 valence electrons. The lowest BCUT2D eigenvalue weighted by atomic mass is 10.1. The molecule has 0 aromatic heterocycles. The smallest absolute Gasteiger partial charge is 0.323 e. The fourth-order valence-electron chi connectivity index (χ4n) is 0.752. The minimum Gasteiger partial charge on any atom is -0.480 e. The molecule has 0 radical (unpaired) electrons. The quantitative estimate of drug-likeness (QED) is 0.515. The molecule has 0 aliphatic carbocycles. The van der Waals surface area contributed by atoms with Crippen molar-refractivity contribution in [1.29, 1.82) is 0 Å². The summed E-state index contributed by atoms with van der Waals surface area (Å²) in [4.78, 5) is 14.9. The van der Waals surface area contributed by atoms with Crippen molar-refractivity contribution < 1.29 is 14.7 Å². The second-order valence-corrected chi connectivity index (χ2v) is 2.00. The molecule has 4 nitrogen and oxygen atoms in total. The zero-order valence-electron chi connectivity index (χ0n) is 4.96. The standard InChI is InChI=1S/C5H9NO3/c7-5(8)4-2-1-3-9-6-4/h4,6H,1-3H2,(H,7,8)/t4-/m1/s1. The van der Waals surface area contributed by atoms with Crippen LogP contribution in [0.5, 0.6) is 0 Å². The third-order valence-corrected chi connectivity index (χ3v) is 1.26. The van der Waals surface area contributed by atoms with Crippen LogP contribution < -0.4 is 5.48 Å². The molecule has 1 heterocycles. The number of carboxylic acids is 1. The molecule has 0 spiro atoms. The number of hydrogen-bond acceptors (Lipinski definition) is 3. The van der Waals surface area contributed by atoms with Crippen molar-refractivity contribution in [3.05, 3.63) is 0 Å². The van der Waals surface area contributed by atoms with E-state index in [1.165, 1.54) is 0 Å². The van der Waals surface area contributed by atoms with Crippen LogP contribution in [-0.4, -0.2) is 23.7 Å². The average molecular weight is 131 g/mol. The van der Waals surface area contributed by atoms with E-state index in [2.05, 4.69) is 5.48 Å². The molecule has 0 saturated carbocycles. The summed E-state index contributed by atoms with van der Waals surface area (Å²) in [5.74, 6) is -0.838. The molecule has 0 aromatic carbocycles. The fraction of sp³-hybridized carbons (Fsp3) is 0.800. The van der Waals surface area contributed by atoms with Crippen molar-refractivity contribution in [2.75, 3.05) is 6.61 Å². The molecular formula is C5H9NO3. The Morgan fingerprint density at radius 1 is 1.78 bits per heavy atom. The molecule has 0 bridgehead atoms. The van der Waals surface area contributed by atoms with Crippen LogP contribution in [0.2, 0.25) is 0 Å². The number of hydrogen-bond donors (Lipinski definition) is 2. The Labute approximate surface area is 52.8 Å². The first kappa shape index (κ1) is 6.51. The van der Waals surface area contributed by atoms with Crippen molar-refractivity contribution in [3.63, 3.8) is 0 Å². The summed E-state index contributed by atoms with van der Waals surface area (Å²) < 4.78 is 0. The fourth-order valence-corrected chi connectivity index (χ4v) is 0.752. The molecule has 1 aliphatic heterocycles. The lowest BCUT2D eigenvalue weighted by molar-refractivity contribution is -0.147. The summed E-state index contributed by atoms with van der Waals surface area (Å²) >= 11 is 0. The maximum absolute atomic E-state index is 10.2. The highest BCUT2D eigenvalue weighted by Gasteiger charge is 2.19. The van der Waals surface area contributed by atoms with Gasteiger partial charge < -0.3 is 9.94 Å². The molecule has 0 aromatic rings. The predicted molar refractivity (Wildman–Crippen MR) is 29.7 cm³/mol. The first-order chi connectivity index (χ1) is 4.30. The van der Waals surface area contributed by atoms with Gasteiger partial charge in [-0.25, -0.2) is 0 Å². The third-order valence-electron chi connectivity index (χ3n) is 1.26. The first-order valence-corrected chi connectivity index (χ1v) is 2.91. The number of hydroxylamine groups is 1. The van der Waals surface area contributed by atoms with E-state index in [0.29, 0.717) is 13.0 Å². The maximum atomic E-state index is 10.2. The summed E-state index contributed by atoms with van der Waals surface area (Å²) in [6.07, 6.45) is 1.49.